The summed E-state index contributed by atoms with van der Waals surface area (Å²) in [6, 6.07) is 5.56. The molecule has 1 aromatic rings. The van der Waals surface area contributed by atoms with Crippen LogP contribution in [-0.2, 0) is 0 Å². The summed E-state index contributed by atoms with van der Waals surface area (Å²) in [5.74, 6) is 0.689. The summed E-state index contributed by atoms with van der Waals surface area (Å²) in [7, 11) is 1.59. The molecule has 0 saturated carbocycles. The number of halogens is 1. The molecule has 0 amide bonds. The van der Waals surface area contributed by atoms with Gasteiger partial charge < -0.3 is 9.84 Å². The van der Waals surface area contributed by atoms with E-state index in [2.05, 4.69) is 22.5 Å². The van der Waals surface area contributed by atoms with Crippen molar-refractivity contribution in [3.63, 3.8) is 0 Å². The lowest BCUT2D eigenvalue weighted by atomic mass is 10.1. The molecule has 3 heteroatoms. The third kappa shape index (κ3) is 2.59. The molecule has 0 aliphatic heterocycles. The Morgan fingerprint density at radius 3 is 2.93 bits per heavy atom. The van der Waals surface area contributed by atoms with E-state index in [4.69, 9.17) is 4.74 Å². The number of methoxy groups -OCH3 is 1. The topological polar surface area (TPSA) is 29.5 Å². The minimum Gasteiger partial charge on any atom is -0.496 e. The van der Waals surface area contributed by atoms with Gasteiger partial charge in [0.1, 0.15) is 5.75 Å². The van der Waals surface area contributed by atoms with Gasteiger partial charge in [-0.05, 0) is 18.6 Å². The molecule has 1 atom stereocenters. The molecule has 0 radical (unpaired) electrons. The van der Waals surface area contributed by atoms with Crippen molar-refractivity contribution in [2.75, 3.05) is 7.11 Å². The standard InChI is InChI=1S/C11H13BrO2/c1-3-4-10(13)9-6-5-8(12)7-11(9)14-2/h3,5-7,10,13H,1,4H2,2H3. The number of aliphatic hydroxyl groups is 1. The summed E-state index contributed by atoms with van der Waals surface area (Å²) in [4.78, 5) is 0. The Hall–Kier alpha value is -0.800. The summed E-state index contributed by atoms with van der Waals surface area (Å²) in [6.45, 7) is 3.59. The number of benzene rings is 1. The van der Waals surface area contributed by atoms with Crippen LogP contribution in [0.3, 0.4) is 0 Å². The Morgan fingerprint density at radius 1 is 1.64 bits per heavy atom. The summed E-state index contributed by atoms with van der Waals surface area (Å²) in [5.41, 5.74) is 0.788. The third-order valence-electron chi connectivity index (χ3n) is 1.94. The van der Waals surface area contributed by atoms with E-state index in [1.807, 2.05) is 18.2 Å². The van der Waals surface area contributed by atoms with E-state index in [1.54, 1.807) is 13.2 Å². The van der Waals surface area contributed by atoms with Crippen molar-refractivity contribution in [1.29, 1.82) is 0 Å². The van der Waals surface area contributed by atoms with Crippen molar-refractivity contribution in [3.05, 3.63) is 40.9 Å². The van der Waals surface area contributed by atoms with E-state index in [9.17, 15) is 5.11 Å². The second-order valence-electron chi connectivity index (χ2n) is 2.93. The first-order valence-corrected chi connectivity index (χ1v) is 5.10. The molecule has 1 aromatic carbocycles. The first-order valence-electron chi connectivity index (χ1n) is 4.31. The highest BCUT2D eigenvalue weighted by Crippen LogP contribution is 2.30. The molecule has 0 aromatic heterocycles. The molecule has 0 saturated heterocycles. The molecule has 0 heterocycles. The average molecular weight is 257 g/mol. The Kier molecular flexibility index (Phi) is 4.17. The maximum atomic E-state index is 9.76. The summed E-state index contributed by atoms with van der Waals surface area (Å²) < 4.78 is 6.10. The quantitative estimate of drug-likeness (QED) is 0.840. The van der Waals surface area contributed by atoms with Gasteiger partial charge in [0.25, 0.3) is 0 Å². The van der Waals surface area contributed by atoms with Crippen LogP contribution in [0.4, 0.5) is 0 Å². The summed E-state index contributed by atoms with van der Waals surface area (Å²) in [5, 5.41) is 9.76. The van der Waals surface area contributed by atoms with E-state index >= 15 is 0 Å². The zero-order valence-corrected chi connectivity index (χ0v) is 9.62. The van der Waals surface area contributed by atoms with Crippen LogP contribution in [0.2, 0.25) is 0 Å². The average Bonchev–Trinajstić information content (AvgIpc) is 2.17. The molecule has 1 N–H and O–H groups in total. The predicted molar refractivity (Wildman–Crippen MR) is 60.5 cm³/mol. The van der Waals surface area contributed by atoms with Gasteiger partial charge in [-0.1, -0.05) is 28.1 Å². The predicted octanol–water partition coefficient (Wildman–Crippen LogP) is 3.07. The van der Waals surface area contributed by atoms with E-state index < -0.39 is 6.10 Å². The molecule has 76 valence electrons. The van der Waals surface area contributed by atoms with Crippen LogP contribution < -0.4 is 4.74 Å². The number of rotatable bonds is 4. The summed E-state index contributed by atoms with van der Waals surface area (Å²) >= 11 is 3.34. The SMILES string of the molecule is C=CCC(O)c1ccc(Br)cc1OC. The van der Waals surface area contributed by atoms with Crippen molar-refractivity contribution in [3.8, 4) is 5.75 Å². The van der Waals surface area contributed by atoms with Crippen molar-refractivity contribution >= 4 is 15.9 Å². The molecule has 2 nitrogen and oxygen atoms in total. The van der Waals surface area contributed by atoms with Gasteiger partial charge in [0, 0.05) is 10.0 Å². The van der Waals surface area contributed by atoms with Gasteiger partial charge in [-0.3, -0.25) is 0 Å². The second kappa shape index (κ2) is 5.17. The number of aliphatic hydroxyl groups excluding tert-OH is 1. The third-order valence-corrected chi connectivity index (χ3v) is 2.44. The van der Waals surface area contributed by atoms with Crippen LogP contribution in [0.5, 0.6) is 5.75 Å². The van der Waals surface area contributed by atoms with Crippen LogP contribution in [0.1, 0.15) is 18.1 Å². The first-order chi connectivity index (χ1) is 6.69. The van der Waals surface area contributed by atoms with Crippen LogP contribution in [0, 0.1) is 0 Å². The smallest absolute Gasteiger partial charge is 0.125 e. The van der Waals surface area contributed by atoms with Crippen molar-refractivity contribution in [2.45, 2.75) is 12.5 Å². The lowest BCUT2D eigenvalue weighted by molar-refractivity contribution is 0.177. The molecule has 1 unspecified atom stereocenters. The first kappa shape index (κ1) is 11.3. The van der Waals surface area contributed by atoms with Crippen molar-refractivity contribution < 1.29 is 9.84 Å². The van der Waals surface area contributed by atoms with Gasteiger partial charge in [-0.15, -0.1) is 6.58 Å². The molecule has 14 heavy (non-hydrogen) atoms. The number of hydrogen-bond donors (Lipinski definition) is 1. The van der Waals surface area contributed by atoms with Crippen molar-refractivity contribution in [2.24, 2.45) is 0 Å². The Labute approximate surface area is 92.3 Å². The molecule has 1 rings (SSSR count). The molecular weight excluding hydrogens is 244 g/mol. The fourth-order valence-electron chi connectivity index (χ4n) is 1.25. The molecule has 0 bridgehead atoms. The van der Waals surface area contributed by atoms with E-state index in [1.165, 1.54) is 0 Å². The van der Waals surface area contributed by atoms with Crippen LogP contribution >= 0.6 is 15.9 Å². The largest absolute Gasteiger partial charge is 0.496 e. The van der Waals surface area contributed by atoms with Gasteiger partial charge in [-0.2, -0.15) is 0 Å². The zero-order valence-electron chi connectivity index (χ0n) is 8.03. The number of ether oxygens (including phenoxy) is 1. The van der Waals surface area contributed by atoms with Crippen LogP contribution in [-0.4, -0.2) is 12.2 Å². The normalized spacial score (nSPS) is 12.2. The Balaban J connectivity index is 3.00. The maximum Gasteiger partial charge on any atom is 0.125 e. The Bertz CT molecular complexity index is 323. The van der Waals surface area contributed by atoms with Gasteiger partial charge >= 0.3 is 0 Å². The fraction of sp³-hybridized carbons (Fsp3) is 0.273. The van der Waals surface area contributed by atoms with Gasteiger partial charge in [0.15, 0.2) is 0 Å². The summed E-state index contributed by atoms with van der Waals surface area (Å²) in [6.07, 6.45) is 1.67. The molecule has 0 aliphatic rings. The lowest BCUT2D eigenvalue weighted by Gasteiger charge is -2.13. The van der Waals surface area contributed by atoms with E-state index in [0.29, 0.717) is 12.2 Å². The van der Waals surface area contributed by atoms with Crippen LogP contribution in [0.15, 0.2) is 35.3 Å². The monoisotopic (exact) mass is 256 g/mol. The fourth-order valence-corrected chi connectivity index (χ4v) is 1.59. The maximum absolute atomic E-state index is 9.76. The molecule has 0 spiro atoms. The number of hydrogen-bond acceptors (Lipinski definition) is 2. The minimum atomic E-state index is -0.546. The molecular formula is C11H13BrO2. The highest BCUT2D eigenvalue weighted by atomic mass is 79.9. The van der Waals surface area contributed by atoms with Crippen molar-refractivity contribution in [1.82, 2.24) is 0 Å². The van der Waals surface area contributed by atoms with Gasteiger partial charge in [0.2, 0.25) is 0 Å². The van der Waals surface area contributed by atoms with E-state index in [-0.39, 0.29) is 0 Å². The van der Waals surface area contributed by atoms with Gasteiger partial charge in [0.05, 0.1) is 13.2 Å². The lowest BCUT2D eigenvalue weighted by Crippen LogP contribution is -1.99. The highest BCUT2D eigenvalue weighted by molar-refractivity contribution is 9.10. The van der Waals surface area contributed by atoms with Crippen LogP contribution in [0.25, 0.3) is 0 Å². The minimum absolute atomic E-state index is 0.526. The van der Waals surface area contributed by atoms with Gasteiger partial charge in [-0.25, -0.2) is 0 Å². The molecule has 0 fully saturated rings. The second-order valence-corrected chi connectivity index (χ2v) is 3.84. The Morgan fingerprint density at radius 2 is 2.36 bits per heavy atom. The zero-order chi connectivity index (χ0) is 10.6. The van der Waals surface area contributed by atoms with E-state index in [0.717, 1.165) is 10.0 Å². The highest BCUT2D eigenvalue weighted by Gasteiger charge is 2.11. The molecule has 0 aliphatic carbocycles.